The molecular weight excluding hydrogens is 243 g/mol. The van der Waals surface area contributed by atoms with Crippen molar-refractivity contribution >= 4 is 22.2 Å². The number of nitrogens with zero attached hydrogens (tertiary/aromatic N) is 3. The van der Waals surface area contributed by atoms with Crippen molar-refractivity contribution in [2.45, 2.75) is 6.18 Å². The number of halogens is 3. The largest absolute Gasteiger partial charge is 0.417 e. The van der Waals surface area contributed by atoms with Crippen molar-refractivity contribution in [1.29, 1.82) is 0 Å². The molecule has 1 aromatic carbocycles. The summed E-state index contributed by atoms with van der Waals surface area (Å²) in [7, 11) is 0. The van der Waals surface area contributed by atoms with Gasteiger partial charge in [0, 0.05) is 6.20 Å². The highest BCUT2D eigenvalue weighted by Crippen LogP contribution is 2.30. The molecule has 0 atom stereocenters. The van der Waals surface area contributed by atoms with E-state index in [4.69, 9.17) is 0 Å². The maximum atomic E-state index is 12.5. The van der Waals surface area contributed by atoms with Crippen LogP contribution in [0.3, 0.4) is 0 Å². The lowest BCUT2D eigenvalue weighted by molar-refractivity contribution is -0.137. The Balaban J connectivity index is 2.31. The highest BCUT2D eigenvalue weighted by atomic mass is 19.4. The van der Waals surface area contributed by atoms with Gasteiger partial charge in [0.25, 0.3) is 0 Å². The van der Waals surface area contributed by atoms with Crippen molar-refractivity contribution in [2.24, 2.45) is 0 Å². The number of hydrogen-bond acceptors (Lipinski definition) is 3. The molecule has 0 amide bonds. The van der Waals surface area contributed by atoms with E-state index in [1.165, 1.54) is 0 Å². The lowest BCUT2D eigenvalue weighted by Crippen LogP contribution is -2.06. The summed E-state index contributed by atoms with van der Waals surface area (Å²) in [5.41, 5.74) is 0.688. The smallest absolute Gasteiger partial charge is 0.243 e. The highest BCUT2D eigenvalue weighted by Gasteiger charge is 2.31. The summed E-state index contributed by atoms with van der Waals surface area (Å²) in [5.74, 6) is 0. The molecule has 0 bridgehead atoms. The Kier molecular flexibility index (Phi) is 2.19. The quantitative estimate of drug-likeness (QED) is 0.574. The van der Waals surface area contributed by atoms with E-state index in [1.807, 2.05) is 0 Å². The van der Waals surface area contributed by atoms with Crippen LogP contribution in [-0.2, 0) is 6.18 Å². The molecule has 2 aromatic heterocycles. The van der Waals surface area contributed by atoms with Crippen LogP contribution < -0.4 is 0 Å². The summed E-state index contributed by atoms with van der Waals surface area (Å²) in [6.45, 7) is 0. The fraction of sp³-hybridized carbons (Fsp3) is 0.0833. The van der Waals surface area contributed by atoms with E-state index < -0.39 is 11.7 Å². The molecule has 0 unspecified atom stereocenters. The van der Waals surface area contributed by atoms with Crippen molar-refractivity contribution in [2.75, 3.05) is 0 Å². The third-order valence-electron chi connectivity index (χ3n) is 2.52. The van der Waals surface area contributed by atoms with Gasteiger partial charge in [0.2, 0.25) is 0 Å². The average molecular weight is 249 g/mol. The van der Waals surface area contributed by atoms with E-state index in [1.54, 1.807) is 24.3 Å². The number of pyridine rings is 1. The van der Waals surface area contributed by atoms with Crippen LogP contribution in [0.25, 0.3) is 22.2 Å². The molecule has 3 rings (SSSR count). The Hall–Kier alpha value is -2.24. The van der Waals surface area contributed by atoms with Crippen LogP contribution >= 0.6 is 0 Å². The first kappa shape index (κ1) is 10.9. The van der Waals surface area contributed by atoms with E-state index >= 15 is 0 Å². The summed E-state index contributed by atoms with van der Waals surface area (Å²) in [6, 6.07) is 7.93. The van der Waals surface area contributed by atoms with Crippen molar-refractivity contribution in [3.63, 3.8) is 0 Å². The van der Waals surface area contributed by atoms with Gasteiger partial charge < -0.3 is 0 Å². The van der Waals surface area contributed by atoms with Crippen molar-refractivity contribution in [3.05, 3.63) is 42.1 Å². The highest BCUT2D eigenvalue weighted by molar-refractivity contribution is 5.84. The van der Waals surface area contributed by atoms with Crippen LogP contribution in [0.1, 0.15) is 5.56 Å². The van der Waals surface area contributed by atoms with E-state index in [2.05, 4.69) is 15.0 Å². The predicted molar refractivity (Wildman–Crippen MR) is 59.8 cm³/mol. The zero-order valence-corrected chi connectivity index (χ0v) is 8.94. The first-order valence-electron chi connectivity index (χ1n) is 5.14. The molecule has 0 saturated carbocycles. The van der Waals surface area contributed by atoms with Gasteiger partial charge in [0.05, 0.1) is 16.6 Å². The minimum absolute atomic E-state index is 0.142. The Bertz CT molecular complexity index is 737. The van der Waals surface area contributed by atoms with Crippen LogP contribution in [0.4, 0.5) is 13.2 Å². The summed E-state index contributed by atoms with van der Waals surface area (Å²) in [5, 5.41) is 0. The van der Waals surface area contributed by atoms with Crippen molar-refractivity contribution in [1.82, 2.24) is 15.0 Å². The predicted octanol–water partition coefficient (Wildman–Crippen LogP) is 3.20. The molecule has 0 spiro atoms. The summed E-state index contributed by atoms with van der Waals surface area (Å²) in [4.78, 5) is 12.0. The summed E-state index contributed by atoms with van der Waals surface area (Å²) >= 11 is 0. The molecule has 0 aliphatic carbocycles. The van der Waals surface area contributed by atoms with Crippen LogP contribution in [0.15, 0.2) is 36.5 Å². The van der Waals surface area contributed by atoms with Crippen molar-refractivity contribution < 1.29 is 13.2 Å². The first-order valence-corrected chi connectivity index (χ1v) is 5.14. The molecule has 0 N–H and O–H groups in total. The number of rotatable bonds is 0. The zero-order chi connectivity index (χ0) is 12.8. The minimum atomic E-state index is -4.42. The number of benzene rings is 1. The third kappa shape index (κ3) is 1.75. The second kappa shape index (κ2) is 3.63. The Labute approximate surface area is 99.3 Å². The number of hydrogen-bond donors (Lipinski definition) is 0. The van der Waals surface area contributed by atoms with Gasteiger partial charge in [-0.05, 0) is 18.2 Å². The van der Waals surface area contributed by atoms with Gasteiger partial charge in [-0.3, -0.25) is 0 Å². The van der Waals surface area contributed by atoms with E-state index in [0.717, 1.165) is 12.3 Å². The molecule has 0 aliphatic heterocycles. The van der Waals surface area contributed by atoms with E-state index in [0.29, 0.717) is 11.0 Å². The normalized spacial score (nSPS) is 12.2. The number of alkyl halides is 3. The van der Waals surface area contributed by atoms with E-state index in [-0.39, 0.29) is 11.2 Å². The van der Waals surface area contributed by atoms with Crippen molar-refractivity contribution in [3.8, 4) is 0 Å². The van der Waals surface area contributed by atoms with Crippen LogP contribution in [0.2, 0.25) is 0 Å². The molecule has 0 aliphatic rings. The van der Waals surface area contributed by atoms with Crippen LogP contribution in [-0.4, -0.2) is 15.0 Å². The van der Waals surface area contributed by atoms with Crippen LogP contribution in [0, 0.1) is 0 Å². The zero-order valence-electron chi connectivity index (χ0n) is 8.94. The molecule has 6 heteroatoms. The monoisotopic (exact) mass is 249 g/mol. The number of aromatic nitrogens is 3. The Morgan fingerprint density at radius 2 is 1.56 bits per heavy atom. The maximum Gasteiger partial charge on any atom is 0.417 e. The SMILES string of the molecule is FC(F)(F)c1cnc2nc3ccccc3nc2c1. The molecule has 0 saturated heterocycles. The average Bonchev–Trinajstić information content (AvgIpc) is 2.34. The Morgan fingerprint density at radius 3 is 2.22 bits per heavy atom. The van der Waals surface area contributed by atoms with Crippen LogP contribution in [0.5, 0.6) is 0 Å². The van der Waals surface area contributed by atoms with Gasteiger partial charge in [-0.2, -0.15) is 13.2 Å². The molecule has 3 nitrogen and oxygen atoms in total. The lowest BCUT2D eigenvalue weighted by atomic mass is 10.2. The summed E-state index contributed by atoms with van der Waals surface area (Å²) < 4.78 is 37.6. The molecule has 90 valence electrons. The first-order chi connectivity index (χ1) is 8.54. The minimum Gasteiger partial charge on any atom is -0.243 e. The second-order valence-corrected chi connectivity index (χ2v) is 3.78. The number of fused-ring (bicyclic) bond motifs is 2. The van der Waals surface area contributed by atoms with Gasteiger partial charge in [-0.25, -0.2) is 15.0 Å². The Morgan fingerprint density at radius 1 is 0.889 bits per heavy atom. The standard InChI is InChI=1S/C12H6F3N3/c13-12(14,15)7-5-10-11(16-6-7)18-9-4-2-1-3-8(9)17-10/h1-6H. The van der Waals surface area contributed by atoms with Gasteiger partial charge >= 0.3 is 6.18 Å². The molecular formula is C12H6F3N3. The molecule has 3 aromatic rings. The lowest BCUT2D eigenvalue weighted by Gasteiger charge is -2.06. The molecule has 18 heavy (non-hydrogen) atoms. The third-order valence-corrected chi connectivity index (χ3v) is 2.52. The fourth-order valence-corrected chi connectivity index (χ4v) is 1.67. The molecule has 0 fully saturated rings. The maximum absolute atomic E-state index is 12.5. The summed E-state index contributed by atoms with van der Waals surface area (Å²) in [6.07, 6.45) is -3.65. The number of para-hydroxylation sites is 2. The fourth-order valence-electron chi connectivity index (χ4n) is 1.67. The van der Waals surface area contributed by atoms with Gasteiger partial charge in [0.15, 0.2) is 5.65 Å². The second-order valence-electron chi connectivity index (χ2n) is 3.78. The molecule has 0 radical (unpaired) electrons. The van der Waals surface area contributed by atoms with Gasteiger partial charge in [-0.1, -0.05) is 12.1 Å². The topological polar surface area (TPSA) is 38.7 Å². The molecule has 2 heterocycles. The van der Waals surface area contributed by atoms with E-state index in [9.17, 15) is 13.2 Å². The van der Waals surface area contributed by atoms with Gasteiger partial charge in [-0.15, -0.1) is 0 Å². The van der Waals surface area contributed by atoms with Gasteiger partial charge in [0.1, 0.15) is 5.52 Å².